The van der Waals surface area contributed by atoms with E-state index in [9.17, 15) is 0 Å². The van der Waals surface area contributed by atoms with E-state index in [2.05, 4.69) is 44.7 Å². The van der Waals surface area contributed by atoms with Crippen LogP contribution in [0.3, 0.4) is 0 Å². The quantitative estimate of drug-likeness (QED) is 0.563. The number of unbranched alkanes of at least 4 members (excludes halogenated alkanes) is 2. The highest BCUT2D eigenvalue weighted by atomic mass is 14.2. The number of rotatable bonds is 4. The molecule has 1 aromatic rings. The Balaban J connectivity index is 2.90. The maximum absolute atomic E-state index is 8.48. The fourth-order valence-electron chi connectivity index (χ4n) is 2.06. The molecule has 0 saturated heterocycles. The van der Waals surface area contributed by atoms with E-state index in [1.54, 1.807) is 0 Å². The van der Waals surface area contributed by atoms with Crippen LogP contribution in [0.5, 0.6) is 0 Å². The molecule has 0 aliphatic heterocycles. The largest absolute Gasteiger partial charge is 0.183 e. The first-order valence-electron chi connectivity index (χ1n) is 6.19. The molecule has 0 atom stereocenters. The van der Waals surface area contributed by atoms with Gasteiger partial charge in [0.05, 0.1) is 0 Å². The molecule has 0 aromatic heterocycles. The fourth-order valence-corrected chi connectivity index (χ4v) is 2.06. The Morgan fingerprint density at radius 2 is 1.76 bits per heavy atom. The zero-order valence-corrected chi connectivity index (χ0v) is 10.9. The molecule has 1 nitrogen and oxygen atoms in total. The first kappa shape index (κ1) is 13.3. The summed E-state index contributed by atoms with van der Waals surface area (Å²) in [6.07, 6.45) is 4.93. The van der Waals surface area contributed by atoms with E-state index >= 15 is 0 Å². The van der Waals surface area contributed by atoms with Crippen LogP contribution in [0.4, 0.5) is 0 Å². The Labute approximate surface area is 104 Å². The molecule has 0 bridgehead atoms. The zero-order chi connectivity index (χ0) is 12.7. The molecule has 0 N–H and O–H groups in total. The Bertz CT molecular complexity index is 457. The van der Waals surface area contributed by atoms with E-state index in [0.29, 0.717) is 0 Å². The Hall–Kier alpha value is -1.73. The topological polar surface area (TPSA) is 23.8 Å². The first-order chi connectivity index (χ1) is 8.19. The minimum Gasteiger partial charge on any atom is -0.183 e. The second-order valence-corrected chi connectivity index (χ2v) is 4.42. The van der Waals surface area contributed by atoms with Crippen molar-refractivity contribution in [1.29, 1.82) is 5.26 Å². The van der Waals surface area contributed by atoms with Gasteiger partial charge < -0.3 is 0 Å². The van der Waals surface area contributed by atoms with Crippen LogP contribution in [0.2, 0.25) is 0 Å². The van der Waals surface area contributed by atoms with Crippen LogP contribution >= 0.6 is 0 Å². The summed E-state index contributed by atoms with van der Waals surface area (Å²) in [7, 11) is 0. The van der Waals surface area contributed by atoms with E-state index in [4.69, 9.17) is 5.26 Å². The number of aryl methyl sites for hydroxylation is 3. The third-order valence-electron chi connectivity index (χ3n) is 2.90. The monoisotopic (exact) mass is 225 g/mol. The van der Waals surface area contributed by atoms with Crippen molar-refractivity contribution in [1.82, 2.24) is 0 Å². The van der Waals surface area contributed by atoms with Crippen LogP contribution in [-0.2, 0) is 6.42 Å². The second kappa shape index (κ2) is 6.77. The predicted molar refractivity (Wildman–Crippen MR) is 71.6 cm³/mol. The lowest BCUT2D eigenvalue weighted by Crippen LogP contribution is -1.93. The normalized spacial score (nSPS) is 9.29. The van der Waals surface area contributed by atoms with Crippen LogP contribution in [0.15, 0.2) is 12.1 Å². The maximum atomic E-state index is 8.48. The van der Waals surface area contributed by atoms with Gasteiger partial charge in [0, 0.05) is 11.5 Å². The molecule has 17 heavy (non-hydrogen) atoms. The fraction of sp³-hybridized carbons (Fsp3) is 0.438. The average Bonchev–Trinajstić information content (AvgIpc) is 2.28. The van der Waals surface area contributed by atoms with E-state index in [0.717, 1.165) is 12.0 Å². The van der Waals surface area contributed by atoms with Crippen LogP contribution < -0.4 is 0 Å². The van der Waals surface area contributed by atoms with E-state index < -0.39 is 0 Å². The summed E-state index contributed by atoms with van der Waals surface area (Å²) in [6, 6.07) is 6.26. The van der Waals surface area contributed by atoms with E-state index in [1.165, 1.54) is 36.0 Å². The lowest BCUT2D eigenvalue weighted by molar-refractivity contribution is 0.717. The predicted octanol–water partition coefficient (Wildman–Crippen LogP) is 3.91. The van der Waals surface area contributed by atoms with Gasteiger partial charge in [-0.2, -0.15) is 5.26 Å². The van der Waals surface area contributed by atoms with Gasteiger partial charge in [-0.05, 0) is 43.4 Å². The molecular formula is C16H19N. The van der Waals surface area contributed by atoms with E-state index in [1.807, 2.05) is 6.07 Å². The van der Waals surface area contributed by atoms with Crippen molar-refractivity contribution >= 4 is 0 Å². The Morgan fingerprint density at radius 3 is 2.29 bits per heavy atom. The highest BCUT2D eigenvalue weighted by Gasteiger charge is 2.03. The average molecular weight is 225 g/mol. The summed E-state index contributed by atoms with van der Waals surface area (Å²) in [4.78, 5) is 0. The molecule has 0 heterocycles. The molecule has 88 valence electrons. The van der Waals surface area contributed by atoms with Crippen molar-refractivity contribution in [3.8, 4) is 17.9 Å². The molecule has 0 aliphatic rings. The van der Waals surface area contributed by atoms with Gasteiger partial charge in [0.2, 0.25) is 0 Å². The van der Waals surface area contributed by atoms with Crippen LogP contribution in [0.1, 0.15) is 48.4 Å². The number of hydrogen-bond donors (Lipinski definition) is 0. The summed E-state index contributed by atoms with van der Waals surface area (Å²) in [5.41, 5.74) is 4.75. The molecule has 1 aromatic carbocycles. The Kier molecular flexibility index (Phi) is 5.31. The summed E-state index contributed by atoms with van der Waals surface area (Å²) in [6.45, 7) is 6.35. The van der Waals surface area contributed by atoms with Crippen LogP contribution in [-0.4, -0.2) is 0 Å². The van der Waals surface area contributed by atoms with Gasteiger partial charge in [-0.15, -0.1) is 0 Å². The molecule has 1 heteroatoms. The van der Waals surface area contributed by atoms with E-state index in [-0.39, 0.29) is 0 Å². The summed E-state index contributed by atoms with van der Waals surface area (Å²) >= 11 is 0. The SMILES string of the molecule is CCCCCc1cc(C)c(C#CC#N)c(C)c1. The molecular weight excluding hydrogens is 206 g/mol. The van der Waals surface area contributed by atoms with Crippen LogP contribution in [0, 0.1) is 37.0 Å². The second-order valence-electron chi connectivity index (χ2n) is 4.42. The van der Waals surface area contributed by atoms with Crippen molar-refractivity contribution in [2.24, 2.45) is 0 Å². The highest BCUT2D eigenvalue weighted by molar-refractivity contribution is 5.49. The van der Waals surface area contributed by atoms with Gasteiger partial charge in [0.25, 0.3) is 0 Å². The molecule has 0 amide bonds. The third-order valence-corrected chi connectivity index (χ3v) is 2.90. The van der Waals surface area contributed by atoms with Gasteiger partial charge in [-0.1, -0.05) is 37.8 Å². The number of benzene rings is 1. The van der Waals surface area contributed by atoms with Gasteiger partial charge in [-0.3, -0.25) is 0 Å². The van der Waals surface area contributed by atoms with Crippen molar-refractivity contribution in [3.63, 3.8) is 0 Å². The minimum absolute atomic E-state index is 1.01. The number of nitrogens with zero attached hydrogens (tertiary/aromatic N) is 1. The van der Waals surface area contributed by atoms with Gasteiger partial charge in [0.15, 0.2) is 6.07 Å². The van der Waals surface area contributed by atoms with Crippen LogP contribution in [0.25, 0.3) is 0 Å². The molecule has 0 spiro atoms. The summed E-state index contributed by atoms with van der Waals surface area (Å²) in [5.74, 6) is 5.39. The molecule has 0 unspecified atom stereocenters. The summed E-state index contributed by atoms with van der Waals surface area (Å²) < 4.78 is 0. The minimum atomic E-state index is 1.01. The van der Waals surface area contributed by atoms with Gasteiger partial charge in [0.1, 0.15) is 0 Å². The molecule has 0 aliphatic carbocycles. The van der Waals surface area contributed by atoms with Crippen molar-refractivity contribution < 1.29 is 0 Å². The van der Waals surface area contributed by atoms with Gasteiger partial charge in [-0.25, -0.2) is 0 Å². The maximum Gasteiger partial charge on any atom is 0.152 e. The van der Waals surface area contributed by atoms with Crippen molar-refractivity contribution in [2.45, 2.75) is 46.5 Å². The Morgan fingerprint density at radius 1 is 1.12 bits per heavy atom. The number of hydrogen-bond acceptors (Lipinski definition) is 1. The first-order valence-corrected chi connectivity index (χ1v) is 6.19. The molecule has 0 fully saturated rings. The van der Waals surface area contributed by atoms with Crippen molar-refractivity contribution in [3.05, 3.63) is 34.4 Å². The smallest absolute Gasteiger partial charge is 0.152 e. The van der Waals surface area contributed by atoms with Gasteiger partial charge >= 0.3 is 0 Å². The highest BCUT2D eigenvalue weighted by Crippen LogP contribution is 2.17. The van der Waals surface area contributed by atoms with Crippen molar-refractivity contribution in [2.75, 3.05) is 0 Å². The molecule has 0 radical (unpaired) electrons. The number of nitriles is 1. The zero-order valence-electron chi connectivity index (χ0n) is 10.9. The molecule has 1 rings (SSSR count). The lowest BCUT2D eigenvalue weighted by atomic mass is 9.97. The molecule has 0 saturated carbocycles. The third kappa shape index (κ3) is 3.97. The lowest BCUT2D eigenvalue weighted by Gasteiger charge is -2.08. The standard InChI is InChI=1S/C16H19N/c1-4-5-6-8-15-11-13(2)16(9-7-10-17)14(3)12-15/h11-12H,4-6,8H2,1-3H3. The summed E-state index contributed by atoms with van der Waals surface area (Å²) in [5, 5.41) is 8.48.